The maximum Gasteiger partial charge on any atom is 0.421 e. The Morgan fingerprint density at radius 2 is 2.29 bits per heavy atom. The van der Waals surface area contributed by atoms with Gasteiger partial charge in [0.2, 0.25) is 6.29 Å². The molecule has 0 bridgehead atoms. The Hall–Kier alpha value is -1.36. The van der Waals surface area contributed by atoms with E-state index in [1.165, 1.54) is 23.3 Å². The third kappa shape index (κ3) is 4.56. The number of unbranched alkanes of at least 4 members (excludes halogenated alkanes) is 2. The molecule has 2 atom stereocenters. The largest absolute Gasteiger partial charge is 0.421 e. The zero-order chi connectivity index (χ0) is 12.7. The average Bonchev–Trinajstić information content (AvgIpc) is 2.82. The van der Waals surface area contributed by atoms with E-state index in [1.54, 1.807) is 0 Å². The Kier molecular flexibility index (Phi) is 5.69. The van der Waals surface area contributed by atoms with E-state index in [0.29, 0.717) is 0 Å². The van der Waals surface area contributed by atoms with Gasteiger partial charge in [-0.15, -0.1) is 0 Å². The van der Waals surface area contributed by atoms with Gasteiger partial charge in [0, 0.05) is 18.3 Å². The highest BCUT2D eigenvalue weighted by molar-refractivity contribution is 5.70. The Morgan fingerprint density at radius 1 is 1.53 bits per heavy atom. The van der Waals surface area contributed by atoms with E-state index in [9.17, 15) is 9.90 Å². The number of aromatic nitrogens is 2. The summed E-state index contributed by atoms with van der Waals surface area (Å²) < 4.78 is 6.12. The van der Waals surface area contributed by atoms with Gasteiger partial charge in [0.25, 0.3) is 0 Å². The molecule has 1 unspecified atom stereocenters. The van der Waals surface area contributed by atoms with E-state index >= 15 is 0 Å². The van der Waals surface area contributed by atoms with Gasteiger partial charge in [-0.05, 0) is 6.42 Å². The van der Waals surface area contributed by atoms with Crippen molar-refractivity contribution in [3.8, 4) is 0 Å². The quantitative estimate of drug-likeness (QED) is 0.612. The van der Waals surface area contributed by atoms with Crippen molar-refractivity contribution in [2.24, 2.45) is 5.92 Å². The van der Waals surface area contributed by atoms with E-state index in [0.717, 1.165) is 25.7 Å². The topological polar surface area (TPSA) is 64.3 Å². The first-order valence-electron chi connectivity index (χ1n) is 6.02. The fourth-order valence-electron chi connectivity index (χ4n) is 1.51. The van der Waals surface area contributed by atoms with Crippen molar-refractivity contribution < 1.29 is 14.6 Å². The standard InChI is InChI=1S/C12H20N2O3/c1-3-4-5-6-10(2)11(15)17-12(16)14-8-7-13-9-14/h7-11,15H,3-6H2,1-2H3/t10-,11?/m0/s1. The van der Waals surface area contributed by atoms with E-state index in [1.807, 2.05) is 6.92 Å². The molecule has 0 radical (unpaired) electrons. The van der Waals surface area contributed by atoms with Gasteiger partial charge in [0.15, 0.2) is 0 Å². The molecule has 5 nitrogen and oxygen atoms in total. The number of aliphatic hydroxyl groups is 1. The highest BCUT2D eigenvalue weighted by atomic mass is 16.6. The molecule has 1 heterocycles. The fraction of sp³-hybridized carbons (Fsp3) is 0.667. The molecule has 1 aromatic heterocycles. The minimum atomic E-state index is -1.05. The van der Waals surface area contributed by atoms with E-state index < -0.39 is 12.4 Å². The van der Waals surface area contributed by atoms with Crippen LogP contribution in [0.15, 0.2) is 18.7 Å². The van der Waals surface area contributed by atoms with E-state index in [4.69, 9.17) is 4.74 Å². The van der Waals surface area contributed by atoms with Crippen LogP contribution in [0.4, 0.5) is 4.79 Å². The van der Waals surface area contributed by atoms with Crippen LogP contribution < -0.4 is 0 Å². The normalized spacial score (nSPS) is 14.3. The third-order valence-corrected chi connectivity index (χ3v) is 2.69. The van der Waals surface area contributed by atoms with Gasteiger partial charge in [0.05, 0.1) is 0 Å². The maximum absolute atomic E-state index is 11.5. The van der Waals surface area contributed by atoms with Gasteiger partial charge in [-0.2, -0.15) is 0 Å². The summed E-state index contributed by atoms with van der Waals surface area (Å²) in [5.41, 5.74) is 0. The Labute approximate surface area is 101 Å². The average molecular weight is 240 g/mol. The molecule has 0 aliphatic rings. The molecule has 0 fully saturated rings. The van der Waals surface area contributed by atoms with Crippen LogP contribution in [0.5, 0.6) is 0 Å². The molecule has 5 heteroatoms. The monoisotopic (exact) mass is 240 g/mol. The van der Waals surface area contributed by atoms with Gasteiger partial charge >= 0.3 is 6.09 Å². The van der Waals surface area contributed by atoms with E-state index in [-0.39, 0.29) is 5.92 Å². The summed E-state index contributed by atoms with van der Waals surface area (Å²) in [6.07, 6.45) is 6.82. The van der Waals surface area contributed by atoms with Crippen molar-refractivity contribution in [3.05, 3.63) is 18.7 Å². The van der Waals surface area contributed by atoms with Crippen molar-refractivity contribution in [1.82, 2.24) is 9.55 Å². The first-order chi connectivity index (χ1) is 8.15. The second-order valence-electron chi connectivity index (χ2n) is 4.22. The minimum Gasteiger partial charge on any atom is -0.419 e. The molecule has 0 aliphatic heterocycles. The highest BCUT2D eigenvalue weighted by Gasteiger charge is 2.19. The number of rotatable bonds is 6. The van der Waals surface area contributed by atoms with Crippen molar-refractivity contribution in [1.29, 1.82) is 0 Å². The van der Waals surface area contributed by atoms with Gasteiger partial charge < -0.3 is 9.84 Å². The van der Waals surface area contributed by atoms with Gasteiger partial charge in [0.1, 0.15) is 6.33 Å². The van der Waals surface area contributed by atoms with Crippen molar-refractivity contribution >= 4 is 6.09 Å². The number of imidazole rings is 1. The van der Waals surface area contributed by atoms with Crippen molar-refractivity contribution in [2.45, 2.75) is 45.8 Å². The van der Waals surface area contributed by atoms with Crippen LogP contribution in [-0.4, -0.2) is 27.0 Å². The molecule has 0 saturated carbocycles. The molecule has 0 saturated heterocycles. The molecule has 17 heavy (non-hydrogen) atoms. The summed E-state index contributed by atoms with van der Waals surface area (Å²) in [7, 11) is 0. The molecule has 0 spiro atoms. The Balaban J connectivity index is 2.32. The summed E-state index contributed by atoms with van der Waals surface area (Å²) in [6.45, 7) is 4.00. The Bertz CT molecular complexity index is 325. The number of hydrogen-bond donors (Lipinski definition) is 1. The summed E-state index contributed by atoms with van der Waals surface area (Å²) in [5.74, 6) is -0.0472. The maximum atomic E-state index is 11.5. The minimum absolute atomic E-state index is 0.0472. The lowest BCUT2D eigenvalue weighted by Gasteiger charge is -2.18. The second-order valence-corrected chi connectivity index (χ2v) is 4.22. The highest BCUT2D eigenvalue weighted by Crippen LogP contribution is 2.14. The smallest absolute Gasteiger partial charge is 0.419 e. The van der Waals surface area contributed by atoms with Crippen LogP contribution in [0.2, 0.25) is 0 Å². The molecule has 0 aromatic carbocycles. The molecule has 1 rings (SSSR count). The lowest BCUT2D eigenvalue weighted by atomic mass is 10.0. The summed E-state index contributed by atoms with van der Waals surface area (Å²) in [5, 5.41) is 9.71. The predicted molar refractivity (Wildman–Crippen MR) is 63.4 cm³/mol. The predicted octanol–water partition coefficient (Wildman–Crippen LogP) is 2.40. The summed E-state index contributed by atoms with van der Waals surface area (Å²) in [6, 6.07) is 0. The van der Waals surface area contributed by atoms with Crippen LogP contribution in [0.3, 0.4) is 0 Å². The molecular weight excluding hydrogens is 220 g/mol. The zero-order valence-corrected chi connectivity index (χ0v) is 10.4. The first-order valence-corrected chi connectivity index (χ1v) is 6.02. The second kappa shape index (κ2) is 7.06. The lowest BCUT2D eigenvalue weighted by molar-refractivity contribution is -0.0877. The summed E-state index contributed by atoms with van der Waals surface area (Å²) in [4.78, 5) is 15.2. The number of hydrogen-bond acceptors (Lipinski definition) is 4. The molecule has 0 aliphatic carbocycles. The van der Waals surface area contributed by atoms with Gasteiger partial charge in [-0.3, -0.25) is 0 Å². The first kappa shape index (κ1) is 13.7. The van der Waals surface area contributed by atoms with Gasteiger partial charge in [-0.25, -0.2) is 14.3 Å². The molecule has 96 valence electrons. The van der Waals surface area contributed by atoms with Crippen molar-refractivity contribution in [3.63, 3.8) is 0 Å². The molecular formula is C12H20N2O3. The number of carbonyl (C=O) groups is 1. The zero-order valence-electron chi connectivity index (χ0n) is 10.4. The molecule has 1 N–H and O–H groups in total. The Morgan fingerprint density at radius 3 is 2.88 bits per heavy atom. The number of aliphatic hydroxyl groups excluding tert-OH is 1. The van der Waals surface area contributed by atoms with Gasteiger partial charge in [-0.1, -0.05) is 33.1 Å². The molecule has 0 amide bonds. The SMILES string of the molecule is CCCCC[C@H](C)C(O)OC(=O)n1ccnc1. The summed E-state index contributed by atoms with van der Waals surface area (Å²) >= 11 is 0. The van der Waals surface area contributed by atoms with Crippen molar-refractivity contribution in [2.75, 3.05) is 0 Å². The van der Waals surface area contributed by atoms with Crippen LogP contribution in [0, 0.1) is 5.92 Å². The van der Waals surface area contributed by atoms with Crippen LogP contribution >= 0.6 is 0 Å². The number of ether oxygens (including phenoxy) is 1. The third-order valence-electron chi connectivity index (χ3n) is 2.69. The van der Waals surface area contributed by atoms with Crippen LogP contribution in [-0.2, 0) is 4.74 Å². The number of carbonyl (C=O) groups excluding carboxylic acids is 1. The number of nitrogens with zero attached hydrogens (tertiary/aromatic N) is 2. The molecule has 1 aromatic rings. The fourth-order valence-corrected chi connectivity index (χ4v) is 1.51. The van der Waals surface area contributed by atoms with Crippen LogP contribution in [0.25, 0.3) is 0 Å². The van der Waals surface area contributed by atoms with Crippen LogP contribution in [0.1, 0.15) is 39.5 Å². The van der Waals surface area contributed by atoms with E-state index in [2.05, 4.69) is 11.9 Å². The lowest BCUT2D eigenvalue weighted by Crippen LogP contribution is -2.27.